The third-order valence-corrected chi connectivity index (χ3v) is 3.35. The predicted molar refractivity (Wildman–Crippen MR) is 72.8 cm³/mol. The number of sulfone groups is 1. The van der Waals surface area contributed by atoms with Crippen LogP contribution in [0, 0.1) is 0 Å². The molecule has 1 aromatic rings. The van der Waals surface area contributed by atoms with E-state index >= 15 is 0 Å². The second kappa shape index (κ2) is 7.35. The second-order valence-electron chi connectivity index (χ2n) is 3.67. The molecule has 0 saturated carbocycles. The summed E-state index contributed by atoms with van der Waals surface area (Å²) in [5, 5.41) is 2.63. The van der Waals surface area contributed by atoms with Gasteiger partial charge in [0, 0.05) is 12.8 Å². The number of nitrogens with one attached hydrogen (secondary N) is 1. The first-order valence-electron chi connectivity index (χ1n) is 5.24. The predicted octanol–water partition coefficient (Wildman–Crippen LogP) is 0.591. The molecule has 3 N–H and O–H groups in total. The zero-order valence-corrected chi connectivity index (χ0v) is 11.7. The van der Waals surface area contributed by atoms with E-state index in [4.69, 9.17) is 5.73 Å². The minimum Gasteiger partial charge on any atom is -0.352 e. The zero-order valence-electron chi connectivity index (χ0n) is 10.0. The van der Waals surface area contributed by atoms with Gasteiger partial charge in [0.1, 0.15) is 0 Å². The quantitative estimate of drug-likeness (QED) is 0.777. The van der Waals surface area contributed by atoms with Gasteiger partial charge in [0.05, 0.1) is 10.5 Å². The Morgan fingerprint density at radius 3 is 2.50 bits per heavy atom. The molecule has 102 valence electrons. The van der Waals surface area contributed by atoms with E-state index in [1.165, 1.54) is 12.1 Å². The van der Waals surface area contributed by atoms with Gasteiger partial charge >= 0.3 is 0 Å². The van der Waals surface area contributed by atoms with E-state index in [0.29, 0.717) is 19.5 Å². The van der Waals surface area contributed by atoms with Crippen molar-refractivity contribution in [2.24, 2.45) is 5.73 Å². The molecule has 0 aliphatic heterocycles. The van der Waals surface area contributed by atoms with Crippen LogP contribution in [0.5, 0.6) is 0 Å². The van der Waals surface area contributed by atoms with Gasteiger partial charge in [-0.3, -0.25) is 4.79 Å². The monoisotopic (exact) mass is 292 g/mol. The largest absolute Gasteiger partial charge is 0.352 e. The maximum Gasteiger partial charge on any atom is 0.252 e. The number of benzene rings is 1. The molecule has 7 heteroatoms. The van der Waals surface area contributed by atoms with Crippen LogP contribution in [0.25, 0.3) is 0 Å². The van der Waals surface area contributed by atoms with E-state index in [2.05, 4.69) is 5.32 Å². The van der Waals surface area contributed by atoms with Gasteiger partial charge < -0.3 is 11.1 Å². The highest BCUT2D eigenvalue weighted by Gasteiger charge is 2.17. The van der Waals surface area contributed by atoms with Crippen molar-refractivity contribution in [1.29, 1.82) is 0 Å². The van der Waals surface area contributed by atoms with Gasteiger partial charge in [0.25, 0.3) is 5.91 Å². The molecular weight excluding hydrogens is 276 g/mol. The van der Waals surface area contributed by atoms with Crippen molar-refractivity contribution in [2.45, 2.75) is 11.3 Å². The lowest BCUT2D eigenvalue weighted by atomic mass is 10.2. The van der Waals surface area contributed by atoms with Crippen LogP contribution in [-0.2, 0) is 9.84 Å². The average Bonchev–Trinajstić information content (AvgIpc) is 2.28. The van der Waals surface area contributed by atoms with Gasteiger partial charge in [-0.15, -0.1) is 12.4 Å². The third-order valence-electron chi connectivity index (χ3n) is 2.20. The number of hydrogen-bond acceptors (Lipinski definition) is 4. The fourth-order valence-corrected chi connectivity index (χ4v) is 2.26. The fraction of sp³-hybridized carbons (Fsp3) is 0.364. The molecule has 0 unspecified atom stereocenters. The number of carbonyl (C=O) groups excluding carboxylic acids is 1. The Labute approximate surface area is 113 Å². The molecule has 0 aliphatic carbocycles. The maximum atomic E-state index is 11.8. The molecule has 1 rings (SSSR count). The van der Waals surface area contributed by atoms with E-state index in [9.17, 15) is 13.2 Å². The van der Waals surface area contributed by atoms with E-state index in [0.717, 1.165) is 6.26 Å². The van der Waals surface area contributed by atoms with Crippen molar-refractivity contribution in [3.63, 3.8) is 0 Å². The number of nitrogens with two attached hydrogens (primary N) is 1. The first-order chi connectivity index (χ1) is 7.96. The van der Waals surface area contributed by atoms with Gasteiger partial charge in [0.2, 0.25) is 0 Å². The highest BCUT2D eigenvalue weighted by atomic mass is 35.5. The van der Waals surface area contributed by atoms with Crippen molar-refractivity contribution in [3.8, 4) is 0 Å². The topological polar surface area (TPSA) is 89.3 Å². The molecule has 1 amide bonds. The summed E-state index contributed by atoms with van der Waals surface area (Å²) in [6, 6.07) is 6.14. The Kier molecular flexibility index (Phi) is 6.90. The van der Waals surface area contributed by atoms with Crippen LogP contribution in [0.2, 0.25) is 0 Å². The SMILES string of the molecule is CS(=O)(=O)c1ccccc1C(=O)NCCCN.Cl. The third kappa shape index (κ3) is 4.64. The summed E-state index contributed by atoms with van der Waals surface area (Å²) in [5.74, 6) is -0.389. The highest BCUT2D eigenvalue weighted by Crippen LogP contribution is 2.14. The lowest BCUT2D eigenvalue weighted by Crippen LogP contribution is -2.27. The van der Waals surface area contributed by atoms with Crippen LogP contribution in [0.4, 0.5) is 0 Å². The highest BCUT2D eigenvalue weighted by molar-refractivity contribution is 7.90. The van der Waals surface area contributed by atoms with Crippen LogP contribution < -0.4 is 11.1 Å². The van der Waals surface area contributed by atoms with Gasteiger partial charge in [0.15, 0.2) is 9.84 Å². The first kappa shape index (κ1) is 16.9. The summed E-state index contributed by atoms with van der Waals surface area (Å²) in [6.07, 6.45) is 1.74. The van der Waals surface area contributed by atoms with E-state index < -0.39 is 9.84 Å². The average molecular weight is 293 g/mol. The Morgan fingerprint density at radius 2 is 1.94 bits per heavy atom. The summed E-state index contributed by atoms with van der Waals surface area (Å²) in [6.45, 7) is 0.918. The number of amides is 1. The van der Waals surface area contributed by atoms with Crippen LogP contribution >= 0.6 is 12.4 Å². The molecular formula is C11H17ClN2O3S. The lowest BCUT2D eigenvalue weighted by Gasteiger charge is -2.08. The molecule has 0 bridgehead atoms. The van der Waals surface area contributed by atoms with Crippen LogP contribution in [-0.4, -0.2) is 33.7 Å². The molecule has 0 radical (unpaired) electrons. The molecule has 0 heterocycles. The summed E-state index contributed by atoms with van der Waals surface area (Å²) < 4.78 is 23.0. The molecule has 5 nitrogen and oxygen atoms in total. The number of halogens is 1. The molecule has 0 saturated heterocycles. The van der Waals surface area contributed by atoms with Crippen molar-refractivity contribution in [1.82, 2.24) is 5.32 Å². The van der Waals surface area contributed by atoms with Crippen molar-refractivity contribution in [2.75, 3.05) is 19.3 Å². The summed E-state index contributed by atoms with van der Waals surface area (Å²) in [4.78, 5) is 11.8. The minimum absolute atomic E-state index is 0. The van der Waals surface area contributed by atoms with Crippen LogP contribution in [0.1, 0.15) is 16.8 Å². The second-order valence-corrected chi connectivity index (χ2v) is 5.65. The Balaban J connectivity index is 0.00000289. The molecule has 0 fully saturated rings. The molecule has 0 aromatic heterocycles. The smallest absolute Gasteiger partial charge is 0.252 e. The molecule has 0 spiro atoms. The van der Waals surface area contributed by atoms with Gasteiger partial charge in [-0.25, -0.2) is 8.42 Å². The number of carbonyl (C=O) groups is 1. The molecule has 1 aromatic carbocycles. The van der Waals surface area contributed by atoms with Crippen LogP contribution in [0.3, 0.4) is 0 Å². The van der Waals surface area contributed by atoms with Gasteiger partial charge in [-0.05, 0) is 25.1 Å². The molecule has 0 aliphatic rings. The van der Waals surface area contributed by atoms with Crippen molar-refractivity contribution in [3.05, 3.63) is 29.8 Å². The first-order valence-corrected chi connectivity index (χ1v) is 7.13. The minimum atomic E-state index is -3.39. The maximum absolute atomic E-state index is 11.8. The van der Waals surface area contributed by atoms with Crippen molar-refractivity contribution < 1.29 is 13.2 Å². The zero-order chi connectivity index (χ0) is 12.9. The Morgan fingerprint density at radius 1 is 1.33 bits per heavy atom. The normalized spacial score (nSPS) is 10.6. The summed E-state index contributed by atoms with van der Waals surface area (Å²) in [5.41, 5.74) is 5.48. The van der Waals surface area contributed by atoms with Gasteiger partial charge in [-0.1, -0.05) is 12.1 Å². The summed E-state index contributed by atoms with van der Waals surface area (Å²) in [7, 11) is -3.39. The van der Waals surface area contributed by atoms with Crippen molar-refractivity contribution >= 4 is 28.2 Å². The van der Waals surface area contributed by atoms with E-state index in [-0.39, 0.29) is 28.8 Å². The molecule has 0 atom stereocenters. The van der Waals surface area contributed by atoms with E-state index in [1.54, 1.807) is 12.1 Å². The molecule has 18 heavy (non-hydrogen) atoms. The van der Waals surface area contributed by atoms with Crippen LogP contribution in [0.15, 0.2) is 29.2 Å². The summed E-state index contributed by atoms with van der Waals surface area (Å²) >= 11 is 0. The standard InChI is InChI=1S/C11H16N2O3S.ClH/c1-17(15,16)10-6-3-2-5-9(10)11(14)13-8-4-7-12;/h2-3,5-6H,4,7-8,12H2,1H3,(H,13,14);1H. The number of hydrogen-bond donors (Lipinski definition) is 2. The Bertz CT molecular complexity index is 503. The lowest BCUT2D eigenvalue weighted by molar-refractivity contribution is 0.0950. The number of rotatable bonds is 5. The van der Waals surface area contributed by atoms with Gasteiger partial charge in [-0.2, -0.15) is 0 Å². The Hall–Kier alpha value is -1.11. The fourth-order valence-electron chi connectivity index (χ4n) is 1.38. The van der Waals surface area contributed by atoms with E-state index in [1.807, 2.05) is 0 Å².